The number of alkyl halides is 3. The molecule has 11 heteroatoms. The van der Waals surface area contributed by atoms with Gasteiger partial charge in [0.25, 0.3) is 10.0 Å². The molecular formula is C23H22F4N2O3S2. The molecule has 0 spiro atoms. The molecule has 1 fully saturated rings. The largest absolute Gasteiger partial charge is 0.421 e. The topological polar surface area (TPSA) is 60.9 Å². The number of anilines is 1. The van der Waals surface area contributed by atoms with E-state index < -0.39 is 27.6 Å². The fourth-order valence-electron chi connectivity index (χ4n) is 3.87. The van der Waals surface area contributed by atoms with Gasteiger partial charge in [0.15, 0.2) is 5.60 Å². The minimum absolute atomic E-state index is 0.185. The summed E-state index contributed by atoms with van der Waals surface area (Å²) in [5.41, 5.74) is -2.27. The van der Waals surface area contributed by atoms with Crippen LogP contribution in [0.2, 0.25) is 0 Å². The van der Waals surface area contributed by atoms with Gasteiger partial charge in [-0.2, -0.15) is 17.5 Å². The summed E-state index contributed by atoms with van der Waals surface area (Å²) in [7, 11) is -3.62. The Bertz CT molecular complexity index is 1270. The number of rotatable bonds is 5. The highest BCUT2D eigenvalue weighted by molar-refractivity contribution is 7.91. The van der Waals surface area contributed by atoms with Gasteiger partial charge in [-0.1, -0.05) is 24.3 Å². The van der Waals surface area contributed by atoms with Gasteiger partial charge < -0.3 is 10.0 Å². The quantitative estimate of drug-likeness (QED) is 0.496. The lowest BCUT2D eigenvalue weighted by atomic mass is 9.90. The first-order chi connectivity index (χ1) is 15.9. The number of halogens is 4. The monoisotopic (exact) mass is 514 g/mol. The molecular weight excluding hydrogens is 492 g/mol. The van der Waals surface area contributed by atoms with Gasteiger partial charge in [-0.25, -0.2) is 12.8 Å². The van der Waals surface area contributed by atoms with E-state index in [-0.39, 0.29) is 22.9 Å². The highest BCUT2D eigenvalue weighted by Gasteiger charge is 2.51. The first kappa shape index (κ1) is 24.6. The Morgan fingerprint density at radius 1 is 0.971 bits per heavy atom. The summed E-state index contributed by atoms with van der Waals surface area (Å²) in [4.78, 5) is 1.85. The minimum atomic E-state index is -4.91. The predicted octanol–water partition coefficient (Wildman–Crippen LogP) is 4.83. The van der Waals surface area contributed by atoms with Crippen molar-refractivity contribution in [2.45, 2.75) is 22.9 Å². The van der Waals surface area contributed by atoms with Gasteiger partial charge in [0.2, 0.25) is 0 Å². The summed E-state index contributed by atoms with van der Waals surface area (Å²) in [5, 5.41) is 11.9. The molecule has 4 rings (SSSR count). The summed E-state index contributed by atoms with van der Waals surface area (Å²) in [5.74, 6) is -0.553. The van der Waals surface area contributed by atoms with Crippen LogP contribution in [0.25, 0.3) is 11.1 Å². The molecule has 3 aromatic rings. The molecule has 1 unspecified atom stereocenters. The predicted molar refractivity (Wildman–Crippen MR) is 123 cm³/mol. The van der Waals surface area contributed by atoms with Crippen molar-refractivity contribution in [1.29, 1.82) is 0 Å². The third kappa shape index (κ3) is 4.57. The number of aliphatic hydroxyl groups is 1. The maximum atomic E-state index is 14.0. The lowest BCUT2D eigenvalue weighted by molar-refractivity contribution is -0.258. The number of thiophene rings is 1. The Labute approximate surface area is 198 Å². The highest BCUT2D eigenvalue weighted by Crippen LogP contribution is 2.42. The molecule has 2 heterocycles. The summed E-state index contributed by atoms with van der Waals surface area (Å²) < 4.78 is 81.6. The molecule has 0 bridgehead atoms. The van der Waals surface area contributed by atoms with Gasteiger partial charge >= 0.3 is 6.18 Å². The van der Waals surface area contributed by atoms with Crippen LogP contribution in [0.15, 0.2) is 64.2 Å². The van der Waals surface area contributed by atoms with Crippen LogP contribution >= 0.6 is 11.3 Å². The minimum Gasteiger partial charge on any atom is -0.376 e. The average molecular weight is 515 g/mol. The van der Waals surface area contributed by atoms with Crippen molar-refractivity contribution < 1.29 is 31.1 Å². The lowest BCUT2D eigenvalue weighted by Gasteiger charge is -2.36. The van der Waals surface area contributed by atoms with Crippen molar-refractivity contribution in [1.82, 2.24) is 4.31 Å². The van der Waals surface area contributed by atoms with Crippen LogP contribution in [0, 0.1) is 5.82 Å². The van der Waals surface area contributed by atoms with E-state index in [0.29, 0.717) is 36.8 Å². The van der Waals surface area contributed by atoms with Crippen molar-refractivity contribution >= 4 is 27.0 Å². The normalized spacial score (nSPS) is 17.5. The number of piperazine rings is 1. The summed E-state index contributed by atoms with van der Waals surface area (Å²) >= 11 is 1.13. The van der Waals surface area contributed by atoms with Gasteiger partial charge in [-0.3, -0.25) is 0 Å². The van der Waals surface area contributed by atoms with E-state index in [9.17, 15) is 31.1 Å². The second kappa shape index (κ2) is 8.95. The van der Waals surface area contributed by atoms with Crippen LogP contribution in [0.1, 0.15) is 12.5 Å². The Balaban J connectivity index is 1.68. The molecule has 5 nitrogen and oxygen atoms in total. The summed E-state index contributed by atoms with van der Waals surface area (Å²) in [6.07, 6.45) is -4.91. The Kier molecular flexibility index (Phi) is 6.49. The Hall–Kier alpha value is -2.47. The molecule has 1 N–H and O–H groups in total. The lowest BCUT2D eigenvalue weighted by Crippen LogP contribution is -2.48. The molecule has 1 atom stereocenters. The zero-order chi connectivity index (χ0) is 24.7. The van der Waals surface area contributed by atoms with E-state index in [1.165, 1.54) is 40.7 Å². The zero-order valence-electron chi connectivity index (χ0n) is 18.1. The van der Waals surface area contributed by atoms with Crippen LogP contribution in [-0.4, -0.2) is 50.2 Å². The smallest absolute Gasteiger partial charge is 0.376 e. The van der Waals surface area contributed by atoms with Gasteiger partial charge in [0.1, 0.15) is 10.0 Å². The molecule has 1 aromatic heterocycles. The van der Waals surface area contributed by atoms with Crippen molar-refractivity contribution in [3.05, 3.63) is 71.4 Å². The van der Waals surface area contributed by atoms with E-state index in [1.807, 2.05) is 4.90 Å². The SMILES string of the molecule is CC(O)(c1ccc(N2CCN(S(=O)(=O)c3cccs3)CC2)c(-c2cccc(F)c2)c1)C(F)(F)F. The van der Waals surface area contributed by atoms with E-state index in [0.717, 1.165) is 11.3 Å². The van der Waals surface area contributed by atoms with E-state index in [2.05, 4.69) is 0 Å². The standard InChI is InChI=1S/C23H22F4N2O3S2/c1-22(30,23(25,26)27)17-7-8-20(19(15-17)16-4-2-5-18(24)14-16)28-9-11-29(12-10-28)34(31,32)21-6-3-13-33-21/h2-8,13-15,30H,9-12H2,1H3. The van der Waals surface area contributed by atoms with Crippen LogP contribution in [0.5, 0.6) is 0 Å². The van der Waals surface area contributed by atoms with E-state index >= 15 is 0 Å². The van der Waals surface area contributed by atoms with Crippen molar-refractivity contribution in [2.75, 3.05) is 31.1 Å². The van der Waals surface area contributed by atoms with Crippen LogP contribution in [0.3, 0.4) is 0 Å². The highest BCUT2D eigenvalue weighted by atomic mass is 32.2. The van der Waals surface area contributed by atoms with Gasteiger partial charge in [-0.15, -0.1) is 11.3 Å². The van der Waals surface area contributed by atoms with Crippen LogP contribution in [-0.2, 0) is 15.6 Å². The maximum absolute atomic E-state index is 14.0. The number of nitrogens with zero attached hydrogens (tertiary/aromatic N) is 2. The molecule has 1 aliphatic rings. The Morgan fingerprint density at radius 3 is 2.26 bits per heavy atom. The average Bonchev–Trinajstić information content (AvgIpc) is 3.34. The van der Waals surface area contributed by atoms with E-state index in [4.69, 9.17) is 0 Å². The third-order valence-corrected chi connectivity index (χ3v) is 9.19. The first-order valence-electron chi connectivity index (χ1n) is 10.4. The van der Waals surface area contributed by atoms with Gasteiger partial charge in [0.05, 0.1) is 0 Å². The molecule has 1 saturated heterocycles. The molecule has 1 aliphatic heterocycles. The van der Waals surface area contributed by atoms with Gasteiger partial charge in [0, 0.05) is 37.4 Å². The molecule has 182 valence electrons. The molecule has 0 aliphatic carbocycles. The summed E-state index contributed by atoms with van der Waals surface area (Å²) in [6.45, 7) is 1.63. The number of sulfonamides is 1. The van der Waals surface area contributed by atoms with Crippen LogP contribution in [0.4, 0.5) is 23.2 Å². The number of hydrogen-bond acceptors (Lipinski definition) is 5. The molecule has 2 aromatic carbocycles. The Morgan fingerprint density at radius 2 is 1.68 bits per heavy atom. The second-order valence-corrected chi connectivity index (χ2v) is 11.2. The molecule has 0 amide bonds. The third-order valence-electron chi connectivity index (χ3n) is 5.91. The van der Waals surface area contributed by atoms with Crippen LogP contribution < -0.4 is 4.90 Å². The van der Waals surface area contributed by atoms with Crippen molar-refractivity contribution in [3.63, 3.8) is 0 Å². The summed E-state index contributed by atoms with van der Waals surface area (Å²) in [6, 6.07) is 12.5. The fourth-order valence-corrected chi connectivity index (χ4v) is 6.44. The zero-order valence-corrected chi connectivity index (χ0v) is 19.7. The van der Waals surface area contributed by atoms with E-state index in [1.54, 1.807) is 23.6 Å². The number of hydrogen-bond donors (Lipinski definition) is 1. The van der Waals surface area contributed by atoms with Crippen molar-refractivity contribution in [3.8, 4) is 11.1 Å². The van der Waals surface area contributed by atoms with Crippen molar-refractivity contribution in [2.24, 2.45) is 0 Å². The molecule has 34 heavy (non-hydrogen) atoms. The second-order valence-electron chi connectivity index (χ2n) is 8.14. The van der Waals surface area contributed by atoms with Gasteiger partial charge in [-0.05, 0) is 53.8 Å². The number of benzene rings is 2. The fraction of sp³-hybridized carbons (Fsp3) is 0.304. The molecule has 0 saturated carbocycles. The molecule has 0 radical (unpaired) electrons. The maximum Gasteiger partial charge on any atom is 0.421 e. The first-order valence-corrected chi connectivity index (χ1v) is 12.7.